The summed E-state index contributed by atoms with van der Waals surface area (Å²) < 4.78 is 5.41. The van der Waals surface area contributed by atoms with Crippen molar-refractivity contribution in [3.8, 4) is 0 Å². The summed E-state index contributed by atoms with van der Waals surface area (Å²) in [5, 5.41) is 6.63. The normalized spacial score (nSPS) is 16.6. The fraction of sp³-hybridized carbons (Fsp3) is 0.750. The Hall–Kier alpha value is -1.18. The molecule has 0 bridgehead atoms. The van der Waals surface area contributed by atoms with Crippen molar-refractivity contribution in [1.29, 1.82) is 0 Å². The molecule has 0 saturated carbocycles. The van der Waals surface area contributed by atoms with Crippen molar-refractivity contribution in [3.05, 3.63) is 16.1 Å². The number of rotatable bonds is 5. The van der Waals surface area contributed by atoms with Gasteiger partial charge in [-0.3, -0.25) is 4.90 Å². The van der Waals surface area contributed by atoms with Crippen LogP contribution in [0.25, 0.3) is 0 Å². The van der Waals surface area contributed by atoms with Crippen LogP contribution >= 0.6 is 11.3 Å². The molecule has 0 radical (unpaired) electrons. The van der Waals surface area contributed by atoms with E-state index in [2.05, 4.69) is 20.6 Å². The topological polar surface area (TPSA) is 57.7 Å². The van der Waals surface area contributed by atoms with E-state index in [9.17, 15) is 4.79 Å². The number of aromatic nitrogens is 1. The van der Waals surface area contributed by atoms with Crippen LogP contribution in [-0.2, 0) is 11.3 Å². The summed E-state index contributed by atoms with van der Waals surface area (Å²) in [6.45, 7) is 13.7. The predicted octanol–water partition coefficient (Wildman–Crippen LogP) is 2.09. The Balaban J connectivity index is 1.60. The molecule has 1 fully saturated rings. The lowest BCUT2D eigenvalue weighted by atomic mass is 10.2. The van der Waals surface area contributed by atoms with Gasteiger partial charge in [0.25, 0.3) is 0 Å². The third kappa shape index (κ3) is 6.45. The van der Waals surface area contributed by atoms with Crippen molar-refractivity contribution < 1.29 is 9.53 Å². The van der Waals surface area contributed by atoms with E-state index < -0.39 is 5.60 Å². The molecule has 2 heterocycles. The van der Waals surface area contributed by atoms with Crippen LogP contribution in [0.2, 0.25) is 0 Å². The summed E-state index contributed by atoms with van der Waals surface area (Å²) in [7, 11) is 0. The number of carbonyl (C=O) groups is 1. The van der Waals surface area contributed by atoms with E-state index in [1.807, 2.05) is 27.7 Å². The highest BCUT2D eigenvalue weighted by molar-refractivity contribution is 7.09. The van der Waals surface area contributed by atoms with Gasteiger partial charge in [0.15, 0.2) is 0 Å². The average molecular weight is 340 g/mol. The first-order valence-electron chi connectivity index (χ1n) is 8.15. The van der Waals surface area contributed by atoms with Gasteiger partial charge in [0.1, 0.15) is 5.60 Å². The number of hydrogen-bond donors (Lipinski definition) is 1. The molecular formula is C16H28N4O2S. The molecule has 1 aliphatic heterocycles. The standard InChI is InChI=1S/C16H28N4O2S/c1-13-18-14(12-23-13)11-17-5-6-19-7-9-20(10-8-19)15(21)22-16(2,3)4/h12,17H,5-11H2,1-4H3. The van der Waals surface area contributed by atoms with Gasteiger partial charge in [0, 0.05) is 51.2 Å². The van der Waals surface area contributed by atoms with Gasteiger partial charge in [-0.15, -0.1) is 11.3 Å². The maximum Gasteiger partial charge on any atom is 0.410 e. The molecule has 1 N–H and O–H groups in total. The van der Waals surface area contributed by atoms with Crippen LogP contribution in [-0.4, -0.2) is 65.7 Å². The summed E-state index contributed by atoms with van der Waals surface area (Å²) in [4.78, 5) is 20.6. The molecule has 23 heavy (non-hydrogen) atoms. The lowest BCUT2D eigenvalue weighted by Gasteiger charge is -2.35. The summed E-state index contributed by atoms with van der Waals surface area (Å²) in [5.74, 6) is 0. The largest absolute Gasteiger partial charge is 0.444 e. The number of thiazole rings is 1. The lowest BCUT2D eigenvalue weighted by molar-refractivity contribution is 0.0146. The fourth-order valence-corrected chi connectivity index (χ4v) is 3.04. The van der Waals surface area contributed by atoms with Crippen LogP contribution in [0.1, 0.15) is 31.5 Å². The van der Waals surface area contributed by atoms with Crippen LogP contribution in [0.15, 0.2) is 5.38 Å². The highest BCUT2D eigenvalue weighted by Gasteiger charge is 2.25. The van der Waals surface area contributed by atoms with Gasteiger partial charge in [-0.25, -0.2) is 9.78 Å². The number of carbonyl (C=O) groups excluding carboxylic acids is 1. The number of nitrogens with zero attached hydrogens (tertiary/aromatic N) is 3. The van der Waals surface area contributed by atoms with Gasteiger partial charge in [-0.1, -0.05) is 0 Å². The molecule has 6 nitrogen and oxygen atoms in total. The Morgan fingerprint density at radius 1 is 1.35 bits per heavy atom. The molecule has 7 heteroatoms. The molecule has 2 rings (SSSR count). The minimum atomic E-state index is -0.424. The van der Waals surface area contributed by atoms with E-state index >= 15 is 0 Å². The van der Waals surface area contributed by atoms with Crippen molar-refractivity contribution in [2.24, 2.45) is 0 Å². The van der Waals surface area contributed by atoms with Crippen LogP contribution in [0.5, 0.6) is 0 Å². The fourth-order valence-electron chi connectivity index (χ4n) is 2.42. The van der Waals surface area contributed by atoms with Crippen molar-refractivity contribution in [2.75, 3.05) is 39.3 Å². The molecule has 0 spiro atoms. The highest BCUT2D eigenvalue weighted by atomic mass is 32.1. The van der Waals surface area contributed by atoms with E-state index in [1.54, 1.807) is 16.2 Å². The zero-order valence-corrected chi connectivity index (χ0v) is 15.4. The Kier molecular flexibility index (Phi) is 6.38. The first-order valence-corrected chi connectivity index (χ1v) is 9.03. The second kappa shape index (κ2) is 8.08. The van der Waals surface area contributed by atoms with Crippen molar-refractivity contribution in [3.63, 3.8) is 0 Å². The maximum atomic E-state index is 12.0. The zero-order chi connectivity index (χ0) is 16.9. The second-order valence-electron chi connectivity index (χ2n) is 6.84. The van der Waals surface area contributed by atoms with Gasteiger partial charge < -0.3 is 15.0 Å². The number of aryl methyl sites for hydroxylation is 1. The molecule has 0 unspecified atom stereocenters. The summed E-state index contributed by atoms with van der Waals surface area (Å²) in [6, 6.07) is 0. The quantitative estimate of drug-likeness (QED) is 0.832. The summed E-state index contributed by atoms with van der Waals surface area (Å²) in [6.07, 6.45) is -0.200. The van der Waals surface area contributed by atoms with Gasteiger partial charge in [-0.2, -0.15) is 0 Å². The lowest BCUT2D eigenvalue weighted by Crippen LogP contribution is -2.51. The first kappa shape index (κ1) is 18.2. The third-order valence-corrected chi connectivity index (χ3v) is 4.42. The second-order valence-corrected chi connectivity index (χ2v) is 7.91. The molecule has 130 valence electrons. The average Bonchev–Trinajstić information content (AvgIpc) is 2.88. The zero-order valence-electron chi connectivity index (χ0n) is 14.6. The number of amides is 1. The van der Waals surface area contributed by atoms with Gasteiger partial charge in [0.05, 0.1) is 10.7 Å². The summed E-state index contributed by atoms with van der Waals surface area (Å²) in [5.41, 5.74) is 0.689. The van der Waals surface area contributed by atoms with Crippen molar-refractivity contribution in [1.82, 2.24) is 20.1 Å². The Morgan fingerprint density at radius 2 is 2.04 bits per heavy atom. The maximum absolute atomic E-state index is 12.0. The summed E-state index contributed by atoms with van der Waals surface area (Å²) >= 11 is 1.69. The molecule has 1 aliphatic rings. The number of ether oxygens (including phenoxy) is 1. The Labute approximate surface area is 142 Å². The third-order valence-electron chi connectivity index (χ3n) is 3.60. The van der Waals surface area contributed by atoms with Crippen molar-refractivity contribution in [2.45, 2.75) is 39.8 Å². The van der Waals surface area contributed by atoms with E-state index in [4.69, 9.17) is 4.74 Å². The van der Waals surface area contributed by atoms with Crippen LogP contribution in [0, 0.1) is 6.92 Å². The van der Waals surface area contributed by atoms with Gasteiger partial charge in [0.2, 0.25) is 0 Å². The van der Waals surface area contributed by atoms with E-state index in [0.29, 0.717) is 0 Å². The number of hydrogen-bond acceptors (Lipinski definition) is 6. The SMILES string of the molecule is Cc1nc(CNCCN2CCN(C(=O)OC(C)(C)C)CC2)cs1. The number of nitrogens with one attached hydrogen (secondary N) is 1. The minimum absolute atomic E-state index is 0.200. The molecule has 1 amide bonds. The predicted molar refractivity (Wildman–Crippen MR) is 92.8 cm³/mol. The first-order chi connectivity index (χ1) is 10.8. The molecule has 0 aromatic carbocycles. The highest BCUT2D eigenvalue weighted by Crippen LogP contribution is 2.11. The molecule has 1 aromatic rings. The van der Waals surface area contributed by atoms with Crippen LogP contribution in [0.4, 0.5) is 4.79 Å². The van der Waals surface area contributed by atoms with Crippen LogP contribution < -0.4 is 5.32 Å². The molecule has 1 aromatic heterocycles. The van der Waals surface area contributed by atoms with E-state index in [-0.39, 0.29) is 6.09 Å². The monoisotopic (exact) mass is 340 g/mol. The van der Waals surface area contributed by atoms with Crippen LogP contribution in [0.3, 0.4) is 0 Å². The molecule has 1 saturated heterocycles. The molecule has 0 atom stereocenters. The Bertz CT molecular complexity index is 504. The minimum Gasteiger partial charge on any atom is -0.444 e. The smallest absolute Gasteiger partial charge is 0.410 e. The van der Waals surface area contributed by atoms with Gasteiger partial charge >= 0.3 is 6.09 Å². The van der Waals surface area contributed by atoms with E-state index in [0.717, 1.165) is 56.5 Å². The van der Waals surface area contributed by atoms with E-state index in [1.165, 1.54) is 0 Å². The number of piperazine rings is 1. The van der Waals surface area contributed by atoms with Crippen molar-refractivity contribution >= 4 is 17.4 Å². The molecule has 0 aliphatic carbocycles. The molecular weight excluding hydrogens is 312 g/mol. The van der Waals surface area contributed by atoms with Gasteiger partial charge in [-0.05, 0) is 27.7 Å². The Morgan fingerprint density at radius 3 is 2.61 bits per heavy atom.